The molecule has 0 saturated carbocycles. The number of aromatic nitrogens is 2. The number of anilines is 1. The lowest BCUT2D eigenvalue weighted by Gasteiger charge is -2.26. The highest BCUT2D eigenvalue weighted by Crippen LogP contribution is 2.25. The van der Waals surface area contributed by atoms with Gasteiger partial charge in [0.2, 0.25) is 0 Å². The number of amides is 1. The molecular formula is C23H21Cl3N4O2. The van der Waals surface area contributed by atoms with E-state index in [0.717, 1.165) is 36.2 Å². The van der Waals surface area contributed by atoms with Crippen LogP contribution in [0.5, 0.6) is 0 Å². The molecule has 1 aromatic heterocycles. The third-order valence-electron chi connectivity index (χ3n) is 5.40. The van der Waals surface area contributed by atoms with Gasteiger partial charge < -0.3 is 10.2 Å². The Morgan fingerprint density at radius 3 is 2.38 bits per heavy atom. The topological polar surface area (TPSA) is 67.2 Å². The molecule has 2 aromatic carbocycles. The second-order valence-electron chi connectivity index (χ2n) is 7.59. The van der Waals surface area contributed by atoms with Gasteiger partial charge in [0.15, 0.2) is 0 Å². The lowest BCUT2D eigenvalue weighted by Crippen LogP contribution is -2.35. The number of carbonyl (C=O) groups is 1. The van der Waals surface area contributed by atoms with Crippen LogP contribution in [0, 0.1) is 0 Å². The zero-order chi connectivity index (χ0) is 22.7. The molecule has 2 heterocycles. The van der Waals surface area contributed by atoms with Crippen LogP contribution in [-0.4, -0.2) is 33.7 Å². The van der Waals surface area contributed by atoms with Crippen molar-refractivity contribution in [2.24, 2.45) is 0 Å². The molecule has 0 unspecified atom stereocenters. The van der Waals surface area contributed by atoms with Gasteiger partial charge in [-0.3, -0.25) is 9.59 Å². The van der Waals surface area contributed by atoms with Crippen molar-refractivity contribution < 1.29 is 4.79 Å². The maximum atomic E-state index is 12.6. The van der Waals surface area contributed by atoms with E-state index in [0.29, 0.717) is 28.5 Å². The molecule has 0 atom stereocenters. The quantitative estimate of drug-likeness (QED) is 0.517. The van der Waals surface area contributed by atoms with Crippen LogP contribution in [0.1, 0.15) is 35.2 Å². The molecule has 9 heteroatoms. The van der Waals surface area contributed by atoms with Crippen molar-refractivity contribution in [1.29, 1.82) is 0 Å². The van der Waals surface area contributed by atoms with Crippen molar-refractivity contribution in [3.63, 3.8) is 0 Å². The molecule has 1 fully saturated rings. The Morgan fingerprint density at radius 1 is 0.969 bits per heavy atom. The predicted molar refractivity (Wildman–Crippen MR) is 128 cm³/mol. The van der Waals surface area contributed by atoms with E-state index in [1.807, 2.05) is 29.2 Å². The number of halogens is 3. The van der Waals surface area contributed by atoms with Crippen LogP contribution in [0.25, 0.3) is 5.69 Å². The first-order chi connectivity index (χ1) is 15.4. The van der Waals surface area contributed by atoms with Gasteiger partial charge in [-0.1, -0.05) is 46.9 Å². The number of nitrogens with zero attached hydrogens (tertiary/aromatic N) is 3. The van der Waals surface area contributed by atoms with E-state index in [-0.39, 0.29) is 16.0 Å². The molecule has 0 spiro atoms. The maximum Gasteiger partial charge on any atom is 0.291 e. The predicted octanol–water partition coefficient (Wildman–Crippen LogP) is 5.43. The molecule has 1 saturated heterocycles. The monoisotopic (exact) mass is 490 g/mol. The molecule has 0 bridgehead atoms. The summed E-state index contributed by atoms with van der Waals surface area (Å²) in [5, 5.41) is 7.71. The highest BCUT2D eigenvalue weighted by atomic mass is 35.5. The molecule has 1 aliphatic heterocycles. The number of nitrogens with one attached hydrogen (secondary N) is 1. The summed E-state index contributed by atoms with van der Waals surface area (Å²) in [5.74, 6) is 0.0917. The van der Waals surface area contributed by atoms with Crippen molar-refractivity contribution >= 4 is 46.4 Å². The third-order valence-corrected chi connectivity index (χ3v) is 6.46. The van der Waals surface area contributed by atoms with Crippen LogP contribution in [0.2, 0.25) is 15.1 Å². The first-order valence-corrected chi connectivity index (χ1v) is 11.4. The van der Waals surface area contributed by atoms with Crippen LogP contribution < -0.4 is 10.9 Å². The fourth-order valence-corrected chi connectivity index (χ4v) is 4.11. The zero-order valence-corrected chi connectivity index (χ0v) is 19.4. The molecule has 32 heavy (non-hydrogen) atoms. The summed E-state index contributed by atoms with van der Waals surface area (Å²) in [6.07, 6.45) is 4.65. The van der Waals surface area contributed by atoms with Crippen molar-refractivity contribution in [1.82, 2.24) is 14.7 Å². The first-order valence-electron chi connectivity index (χ1n) is 10.3. The maximum absolute atomic E-state index is 12.6. The lowest BCUT2D eigenvalue weighted by atomic mass is 10.1. The lowest BCUT2D eigenvalue weighted by molar-refractivity contribution is 0.0724. The number of rotatable bonds is 5. The minimum absolute atomic E-state index is 0.0917. The summed E-state index contributed by atoms with van der Waals surface area (Å²) < 4.78 is 1.14. The highest BCUT2D eigenvalue weighted by Gasteiger charge is 2.18. The Morgan fingerprint density at radius 2 is 1.69 bits per heavy atom. The van der Waals surface area contributed by atoms with Crippen molar-refractivity contribution in [3.8, 4) is 5.69 Å². The number of likely N-dealkylation sites (tertiary alicyclic amines) is 1. The SMILES string of the molecule is O=C(c1ccc(CNc2ccc(-n3ncc(Cl)c(Cl)c3=O)cc2Cl)cc1)N1CCCCC1. The molecule has 0 radical (unpaired) electrons. The van der Waals surface area contributed by atoms with Gasteiger partial charge in [-0.15, -0.1) is 0 Å². The van der Waals surface area contributed by atoms with Gasteiger partial charge >= 0.3 is 0 Å². The molecule has 166 valence electrons. The minimum Gasteiger partial charge on any atom is -0.380 e. The molecule has 1 N–H and O–H groups in total. The number of hydrogen-bond donors (Lipinski definition) is 1. The Kier molecular flexibility index (Phi) is 7.04. The molecule has 3 aromatic rings. The van der Waals surface area contributed by atoms with Gasteiger partial charge in [0.05, 0.1) is 27.6 Å². The van der Waals surface area contributed by atoms with Crippen LogP contribution in [0.15, 0.2) is 53.5 Å². The average Bonchev–Trinajstić information content (AvgIpc) is 2.82. The first kappa shape index (κ1) is 22.6. The molecule has 1 amide bonds. The fourth-order valence-electron chi connectivity index (χ4n) is 3.62. The van der Waals surface area contributed by atoms with Gasteiger partial charge in [0.25, 0.3) is 11.5 Å². The number of hydrogen-bond acceptors (Lipinski definition) is 4. The minimum atomic E-state index is -0.518. The summed E-state index contributed by atoms with van der Waals surface area (Å²) in [4.78, 5) is 26.8. The molecular weight excluding hydrogens is 471 g/mol. The van der Waals surface area contributed by atoms with E-state index < -0.39 is 5.56 Å². The normalized spacial score (nSPS) is 13.8. The number of piperidine rings is 1. The average molecular weight is 492 g/mol. The largest absolute Gasteiger partial charge is 0.380 e. The zero-order valence-electron chi connectivity index (χ0n) is 17.2. The van der Waals surface area contributed by atoms with Crippen LogP contribution in [0.4, 0.5) is 5.69 Å². The Hall–Kier alpha value is -2.54. The Balaban J connectivity index is 1.42. The van der Waals surface area contributed by atoms with Crippen molar-refractivity contribution in [2.75, 3.05) is 18.4 Å². The van der Waals surface area contributed by atoms with Gasteiger partial charge in [-0.2, -0.15) is 9.78 Å². The fraction of sp³-hybridized carbons (Fsp3) is 0.261. The Bertz CT molecular complexity index is 1190. The summed E-state index contributed by atoms with van der Waals surface area (Å²) in [5.41, 5.74) is 2.39. The van der Waals surface area contributed by atoms with Crippen LogP contribution in [0.3, 0.4) is 0 Å². The molecule has 6 nitrogen and oxygen atoms in total. The molecule has 1 aliphatic rings. The van der Waals surface area contributed by atoms with Crippen LogP contribution in [-0.2, 0) is 6.54 Å². The second kappa shape index (κ2) is 9.94. The van der Waals surface area contributed by atoms with Gasteiger partial charge in [0, 0.05) is 25.2 Å². The number of carbonyl (C=O) groups excluding carboxylic acids is 1. The summed E-state index contributed by atoms with van der Waals surface area (Å²) >= 11 is 18.2. The van der Waals surface area contributed by atoms with Gasteiger partial charge in [0.1, 0.15) is 5.02 Å². The van der Waals surface area contributed by atoms with E-state index >= 15 is 0 Å². The number of benzene rings is 2. The smallest absolute Gasteiger partial charge is 0.291 e. The molecule has 0 aliphatic carbocycles. The third kappa shape index (κ3) is 4.93. The van der Waals surface area contributed by atoms with Crippen LogP contribution >= 0.6 is 34.8 Å². The van der Waals surface area contributed by atoms with Gasteiger partial charge in [-0.25, -0.2) is 0 Å². The summed E-state index contributed by atoms with van der Waals surface area (Å²) in [7, 11) is 0. The van der Waals surface area contributed by atoms with Gasteiger partial charge in [-0.05, 0) is 55.2 Å². The summed E-state index contributed by atoms with van der Waals surface area (Å²) in [6.45, 7) is 2.20. The second-order valence-corrected chi connectivity index (χ2v) is 8.78. The highest BCUT2D eigenvalue weighted by molar-refractivity contribution is 6.41. The van der Waals surface area contributed by atoms with E-state index in [4.69, 9.17) is 34.8 Å². The summed E-state index contributed by atoms with van der Waals surface area (Å²) in [6, 6.07) is 12.7. The van der Waals surface area contributed by atoms with E-state index in [1.54, 1.807) is 18.2 Å². The van der Waals surface area contributed by atoms with E-state index in [9.17, 15) is 9.59 Å². The Labute approximate surface area is 200 Å². The molecule has 4 rings (SSSR count). The standard InChI is InChI=1S/C23H21Cl3N4O2/c24-18-12-17(30-23(32)21(26)19(25)14-28-30)8-9-20(18)27-13-15-4-6-16(7-5-15)22(31)29-10-2-1-3-11-29/h4-9,12,14,27H,1-3,10-11,13H2. The van der Waals surface area contributed by atoms with Crippen molar-refractivity contribution in [3.05, 3.63) is 85.2 Å². The van der Waals surface area contributed by atoms with E-state index in [1.165, 1.54) is 12.6 Å². The van der Waals surface area contributed by atoms with Crippen molar-refractivity contribution in [2.45, 2.75) is 25.8 Å². The van der Waals surface area contributed by atoms with E-state index in [2.05, 4.69) is 10.4 Å².